The number of allylic oxidation sites excluding steroid dienone is 1. The minimum absolute atomic E-state index is 0.0473. The van der Waals surface area contributed by atoms with Crippen molar-refractivity contribution in [2.45, 2.75) is 57.2 Å². The molecule has 0 radical (unpaired) electrons. The van der Waals surface area contributed by atoms with Crippen LogP contribution < -0.4 is 9.64 Å². The molecule has 2 saturated heterocycles. The van der Waals surface area contributed by atoms with E-state index in [-0.39, 0.29) is 53.0 Å². The van der Waals surface area contributed by atoms with Gasteiger partial charge in [0.15, 0.2) is 5.82 Å². The molecular formula is C29H34FN5O7. The zero-order chi connectivity index (χ0) is 29.9. The number of ether oxygens (including phenoxy) is 1. The van der Waals surface area contributed by atoms with E-state index in [1.807, 2.05) is 4.90 Å². The third-order valence-corrected chi connectivity index (χ3v) is 9.20. The Hall–Kier alpha value is -3.84. The third kappa shape index (κ3) is 4.94. The number of benzene rings is 1. The van der Waals surface area contributed by atoms with Crippen LogP contribution in [0.25, 0.3) is 0 Å². The van der Waals surface area contributed by atoms with Gasteiger partial charge in [-0.2, -0.15) is 0 Å². The molecule has 1 aromatic carbocycles. The molecule has 13 heteroatoms. The lowest BCUT2D eigenvalue weighted by atomic mass is 9.79. The molecule has 2 N–H and O–H groups in total. The summed E-state index contributed by atoms with van der Waals surface area (Å²) in [4.78, 5) is 43.5. The number of ketones is 1. The van der Waals surface area contributed by atoms with Gasteiger partial charge in [-0.1, -0.05) is 6.08 Å². The Bertz CT molecular complexity index is 1490. The Morgan fingerprint density at radius 1 is 1.26 bits per heavy atom. The number of carboxylic acids is 1. The Balaban J connectivity index is 1.25. The largest absolute Gasteiger partial charge is 0.494 e. The average molecular weight is 584 g/mol. The molecular weight excluding hydrogens is 549 g/mol. The number of carboxylic acid groups (broad SMARTS) is 1. The highest BCUT2D eigenvalue weighted by Gasteiger charge is 2.45. The first-order valence-electron chi connectivity index (χ1n) is 14.3. The molecule has 0 amide bonds. The second-order valence-corrected chi connectivity index (χ2v) is 11.9. The van der Waals surface area contributed by atoms with Crippen molar-refractivity contribution in [1.82, 2.24) is 14.5 Å². The predicted octanol–water partition coefficient (Wildman–Crippen LogP) is 2.91. The number of β-amino-alcohol motifs (C(OH)–C–C–N with tert-alkyl or cyclic N) is 1. The number of rotatable bonds is 9. The quantitative estimate of drug-likeness (QED) is 0.256. The minimum atomic E-state index is -1.31. The number of methoxy groups -OCH3 is 1. The molecule has 4 aliphatic rings. The molecule has 1 aromatic heterocycles. The maximum atomic E-state index is 15.9. The highest BCUT2D eigenvalue weighted by Crippen LogP contribution is 2.53. The molecule has 4 atom stereocenters. The summed E-state index contributed by atoms with van der Waals surface area (Å²) in [7, 11) is 1.46. The lowest BCUT2D eigenvalue weighted by Gasteiger charge is -2.38. The summed E-state index contributed by atoms with van der Waals surface area (Å²) in [5, 5.41) is 31.6. The van der Waals surface area contributed by atoms with E-state index in [1.54, 1.807) is 11.5 Å². The van der Waals surface area contributed by atoms with Crippen LogP contribution in [0.5, 0.6) is 5.75 Å². The highest BCUT2D eigenvalue weighted by molar-refractivity contribution is 6.25. The smallest absolute Gasteiger partial charge is 0.381 e. The molecule has 2 aromatic rings. The van der Waals surface area contributed by atoms with E-state index in [2.05, 4.69) is 9.88 Å². The number of fused-ring (bicyclic) bond motifs is 2. The van der Waals surface area contributed by atoms with Crippen LogP contribution in [0.4, 0.5) is 15.9 Å². The van der Waals surface area contributed by atoms with Gasteiger partial charge in [-0.05, 0) is 60.0 Å². The van der Waals surface area contributed by atoms with Gasteiger partial charge >= 0.3 is 11.8 Å². The fraction of sp³-hybridized carbons (Fsp3) is 0.552. The minimum Gasteiger partial charge on any atom is -0.494 e. The number of aliphatic hydroxyl groups is 1. The van der Waals surface area contributed by atoms with Gasteiger partial charge < -0.3 is 34.5 Å². The Kier molecular flexibility index (Phi) is 7.26. The number of halogens is 1. The van der Waals surface area contributed by atoms with Crippen molar-refractivity contribution < 1.29 is 33.9 Å². The number of aliphatic carboxylic acids is 1. The lowest BCUT2D eigenvalue weighted by Crippen LogP contribution is -2.48. The van der Waals surface area contributed by atoms with Crippen LogP contribution in [0.2, 0.25) is 0 Å². The number of aromatic nitrogens is 2. The van der Waals surface area contributed by atoms with Gasteiger partial charge in [0.05, 0.1) is 19.8 Å². The van der Waals surface area contributed by atoms with Crippen LogP contribution in [-0.2, 0) is 11.3 Å². The van der Waals surface area contributed by atoms with E-state index in [9.17, 15) is 29.9 Å². The SMILES string of the molecule is COc1c2c(cc(F)c1N1C[C@H]3CCCN(C[C@@H](O)Cn4cc([N+](=O)[O-])nc4C)[C@H]3C1)C(=O)C(C(=O)O)=CC2C1CC1. The van der Waals surface area contributed by atoms with Crippen molar-refractivity contribution in [3.63, 3.8) is 0 Å². The van der Waals surface area contributed by atoms with Crippen molar-refractivity contribution in [2.24, 2.45) is 11.8 Å². The summed E-state index contributed by atoms with van der Waals surface area (Å²) in [6.07, 6.45) is 5.71. The number of imidazole rings is 1. The Morgan fingerprint density at radius 3 is 2.67 bits per heavy atom. The maximum absolute atomic E-state index is 15.9. The molecule has 42 heavy (non-hydrogen) atoms. The van der Waals surface area contributed by atoms with E-state index in [0.29, 0.717) is 36.8 Å². The first kappa shape index (κ1) is 28.3. The molecule has 0 spiro atoms. The number of hydrogen-bond donors (Lipinski definition) is 2. The zero-order valence-electron chi connectivity index (χ0n) is 23.5. The molecule has 224 valence electrons. The first-order valence-corrected chi connectivity index (χ1v) is 14.3. The number of aliphatic hydroxyl groups excluding tert-OH is 1. The average Bonchev–Trinajstić information content (AvgIpc) is 3.58. The lowest BCUT2D eigenvalue weighted by molar-refractivity contribution is -0.389. The number of carbonyl (C=O) groups excluding carboxylic acids is 1. The van der Waals surface area contributed by atoms with Gasteiger partial charge in [0.25, 0.3) is 0 Å². The molecule has 6 rings (SSSR count). The second-order valence-electron chi connectivity index (χ2n) is 11.9. The van der Waals surface area contributed by atoms with E-state index < -0.39 is 28.6 Å². The number of nitro groups is 1. The number of likely N-dealkylation sites (tertiary alicyclic amines) is 1. The Labute approximate surface area is 241 Å². The van der Waals surface area contributed by atoms with Gasteiger partial charge in [-0.15, -0.1) is 0 Å². The van der Waals surface area contributed by atoms with Crippen LogP contribution in [0.1, 0.15) is 53.3 Å². The van der Waals surface area contributed by atoms with Crippen molar-refractivity contribution >= 4 is 23.3 Å². The fourth-order valence-electron chi connectivity index (χ4n) is 7.13. The molecule has 0 bridgehead atoms. The summed E-state index contributed by atoms with van der Waals surface area (Å²) in [5.41, 5.74) is 0.591. The van der Waals surface area contributed by atoms with Crippen molar-refractivity contribution in [1.29, 1.82) is 0 Å². The third-order valence-electron chi connectivity index (χ3n) is 9.20. The highest BCUT2D eigenvalue weighted by atomic mass is 19.1. The molecule has 12 nitrogen and oxygen atoms in total. The molecule has 1 saturated carbocycles. The van der Waals surface area contributed by atoms with Crippen molar-refractivity contribution in [3.8, 4) is 5.75 Å². The van der Waals surface area contributed by atoms with Crippen molar-refractivity contribution in [2.75, 3.05) is 38.2 Å². The Morgan fingerprint density at radius 2 is 2.02 bits per heavy atom. The van der Waals surface area contributed by atoms with Gasteiger partial charge in [0.2, 0.25) is 11.6 Å². The molecule has 2 aliphatic heterocycles. The summed E-state index contributed by atoms with van der Waals surface area (Å²) < 4.78 is 23.3. The number of nitrogens with zero attached hydrogens (tertiary/aromatic N) is 5. The first-order chi connectivity index (χ1) is 20.1. The monoisotopic (exact) mass is 583 g/mol. The summed E-state index contributed by atoms with van der Waals surface area (Å²) >= 11 is 0. The normalized spacial score (nSPS) is 24.7. The topological polar surface area (TPSA) is 151 Å². The summed E-state index contributed by atoms with van der Waals surface area (Å²) in [6, 6.07) is 1.22. The van der Waals surface area contributed by atoms with E-state index in [4.69, 9.17) is 4.74 Å². The summed E-state index contributed by atoms with van der Waals surface area (Å²) in [6.45, 7) is 4.02. The number of aryl methyl sites for hydroxylation is 1. The maximum Gasteiger partial charge on any atom is 0.381 e. The number of Topliss-reactive ketones (excluding diaryl/α,β-unsaturated/α-hetero) is 1. The van der Waals surface area contributed by atoms with E-state index in [0.717, 1.165) is 32.2 Å². The fourth-order valence-corrected chi connectivity index (χ4v) is 7.13. The molecule has 3 heterocycles. The van der Waals surface area contributed by atoms with E-state index in [1.165, 1.54) is 25.4 Å². The second kappa shape index (κ2) is 10.8. The number of anilines is 1. The summed E-state index contributed by atoms with van der Waals surface area (Å²) in [5.74, 6) is -2.09. The number of piperidine rings is 1. The molecule has 1 unspecified atom stereocenters. The van der Waals surface area contributed by atoms with Crippen LogP contribution in [0.3, 0.4) is 0 Å². The van der Waals surface area contributed by atoms with Gasteiger partial charge in [-0.25, -0.2) is 9.18 Å². The van der Waals surface area contributed by atoms with E-state index >= 15 is 4.39 Å². The number of carbonyl (C=O) groups is 2. The molecule has 3 fully saturated rings. The van der Waals surface area contributed by atoms with Gasteiger partial charge in [-0.3, -0.25) is 9.69 Å². The van der Waals surface area contributed by atoms with Crippen LogP contribution in [-0.4, -0.2) is 86.8 Å². The van der Waals surface area contributed by atoms with Gasteiger partial charge in [0, 0.05) is 49.6 Å². The zero-order valence-corrected chi connectivity index (χ0v) is 23.5. The number of hydrogen-bond acceptors (Lipinski definition) is 9. The van der Waals surface area contributed by atoms with Crippen LogP contribution in [0.15, 0.2) is 23.9 Å². The van der Waals surface area contributed by atoms with Crippen LogP contribution in [0, 0.1) is 34.7 Å². The standard InChI is InChI=1S/C29H34FN5O7/c1-15-31-24(35(40)41)14-33(15)12-18(36)11-32-7-3-4-17-10-34(13-23(17)32)26-22(30)9-20-25(28(26)42-2)19(16-5-6-16)8-21(27(20)37)29(38)39/h8-9,14,16-19,23,36H,3-7,10-13H2,1-2H3,(H,38,39)/t17-,18-,19?,23+/m1/s1. The van der Waals surface area contributed by atoms with Crippen LogP contribution >= 0.6 is 0 Å². The molecule has 2 aliphatic carbocycles. The van der Waals surface area contributed by atoms with Crippen molar-refractivity contribution in [3.05, 3.63) is 56.8 Å². The van der Waals surface area contributed by atoms with Gasteiger partial charge in [0.1, 0.15) is 23.2 Å². The predicted molar refractivity (Wildman–Crippen MR) is 148 cm³/mol.